The van der Waals surface area contributed by atoms with E-state index >= 15 is 0 Å². The van der Waals surface area contributed by atoms with Crippen molar-refractivity contribution in [3.05, 3.63) is 0 Å². The van der Waals surface area contributed by atoms with Crippen LogP contribution in [0.2, 0.25) is 0 Å². The molecule has 0 atom stereocenters. The van der Waals surface area contributed by atoms with Crippen molar-refractivity contribution in [2.24, 2.45) is 0 Å². The zero-order valence-corrected chi connectivity index (χ0v) is 10.4. The first-order chi connectivity index (χ1) is 6.33. The molecule has 0 fully saturated rings. The van der Waals surface area contributed by atoms with Crippen LogP contribution in [0.4, 0.5) is 0 Å². The molecule has 0 amide bonds. The second-order valence-electron chi connectivity index (χ2n) is 4.16. The zero-order valence-electron chi connectivity index (χ0n) is 10.4. The van der Waals surface area contributed by atoms with E-state index in [0.717, 1.165) is 6.54 Å². The van der Waals surface area contributed by atoms with Crippen LogP contribution in [0.1, 0.15) is 47.5 Å². The third-order valence-corrected chi connectivity index (χ3v) is 1.23. The van der Waals surface area contributed by atoms with Gasteiger partial charge in [-0.25, -0.2) is 0 Å². The summed E-state index contributed by atoms with van der Waals surface area (Å²) in [5.41, 5.74) is -0.328. The van der Waals surface area contributed by atoms with Gasteiger partial charge in [-0.05, 0) is 40.8 Å². The number of nitrogens with one attached hydrogen (secondary N) is 1. The van der Waals surface area contributed by atoms with E-state index in [1.165, 1.54) is 19.8 Å². The standard InChI is InChI=1S/C6H12O2.C5H13N/c1-5(7)8-6(2,3)4;1-3-4-5-6-2/h1-4H3;6H,3-5H2,1-2H3. The van der Waals surface area contributed by atoms with Crippen LogP contribution < -0.4 is 5.32 Å². The van der Waals surface area contributed by atoms with Crippen LogP contribution >= 0.6 is 0 Å². The van der Waals surface area contributed by atoms with Crippen molar-refractivity contribution in [3.63, 3.8) is 0 Å². The lowest BCUT2D eigenvalue weighted by Gasteiger charge is -2.17. The average molecular weight is 203 g/mol. The van der Waals surface area contributed by atoms with E-state index < -0.39 is 0 Å². The highest BCUT2D eigenvalue weighted by Gasteiger charge is 2.11. The molecule has 0 radical (unpaired) electrons. The van der Waals surface area contributed by atoms with Crippen molar-refractivity contribution < 1.29 is 9.53 Å². The van der Waals surface area contributed by atoms with Gasteiger partial charge in [0.25, 0.3) is 0 Å². The van der Waals surface area contributed by atoms with Crippen LogP contribution in [0.5, 0.6) is 0 Å². The van der Waals surface area contributed by atoms with Gasteiger partial charge < -0.3 is 10.1 Å². The van der Waals surface area contributed by atoms with Gasteiger partial charge in [0.15, 0.2) is 0 Å². The third kappa shape index (κ3) is 22.5. The third-order valence-electron chi connectivity index (χ3n) is 1.23. The maximum Gasteiger partial charge on any atom is 0.303 e. The summed E-state index contributed by atoms with van der Waals surface area (Å²) in [6.45, 7) is 10.3. The van der Waals surface area contributed by atoms with Crippen molar-refractivity contribution in [2.75, 3.05) is 13.6 Å². The molecule has 0 saturated heterocycles. The quantitative estimate of drug-likeness (QED) is 0.565. The summed E-state index contributed by atoms with van der Waals surface area (Å²) in [6.07, 6.45) is 2.59. The highest BCUT2D eigenvalue weighted by molar-refractivity contribution is 5.66. The van der Waals surface area contributed by atoms with E-state index in [1.807, 2.05) is 27.8 Å². The summed E-state index contributed by atoms with van der Waals surface area (Å²) in [7, 11) is 1.98. The molecule has 0 aromatic rings. The fourth-order valence-electron chi connectivity index (χ4n) is 0.785. The minimum atomic E-state index is -0.328. The molecule has 0 aromatic heterocycles. The van der Waals surface area contributed by atoms with Gasteiger partial charge in [0, 0.05) is 6.92 Å². The Morgan fingerprint density at radius 2 is 1.86 bits per heavy atom. The van der Waals surface area contributed by atoms with Gasteiger partial charge in [0.1, 0.15) is 5.60 Å². The largest absolute Gasteiger partial charge is 0.460 e. The molecule has 0 aliphatic carbocycles. The van der Waals surface area contributed by atoms with Gasteiger partial charge in [-0.15, -0.1) is 0 Å². The Kier molecular flexibility index (Phi) is 10.2. The summed E-state index contributed by atoms with van der Waals surface area (Å²) in [6, 6.07) is 0. The second kappa shape index (κ2) is 9.00. The minimum Gasteiger partial charge on any atom is -0.460 e. The predicted octanol–water partition coefficient (Wildman–Crippen LogP) is 2.35. The van der Waals surface area contributed by atoms with Crippen molar-refractivity contribution in [1.82, 2.24) is 5.32 Å². The number of ether oxygens (including phenoxy) is 1. The van der Waals surface area contributed by atoms with Crippen molar-refractivity contribution in [1.29, 1.82) is 0 Å². The number of unbranched alkanes of at least 4 members (excludes halogenated alkanes) is 1. The van der Waals surface area contributed by atoms with Crippen LogP contribution in [-0.2, 0) is 9.53 Å². The molecule has 0 aromatic carbocycles. The Hall–Kier alpha value is -0.570. The maximum atomic E-state index is 10.2. The number of carbonyl (C=O) groups is 1. The highest BCUT2D eigenvalue weighted by Crippen LogP contribution is 2.05. The monoisotopic (exact) mass is 203 g/mol. The first-order valence-corrected chi connectivity index (χ1v) is 5.17. The van der Waals surface area contributed by atoms with E-state index in [1.54, 1.807) is 0 Å². The first-order valence-electron chi connectivity index (χ1n) is 5.17. The fraction of sp³-hybridized carbons (Fsp3) is 0.909. The molecule has 0 aliphatic heterocycles. The zero-order chi connectivity index (χ0) is 11.6. The number of rotatable bonds is 3. The maximum absolute atomic E-state index is 10.2. The van der Waals surface area contributed by atoms with E-state index in [-0.39, 0.29) is 11.6 Å². The van der Waals surface area contributed by atoms with E-state index in [0.29, 0.717) is 0 Å². The van der Waals surface area contributed by atoms with E-state index in [2.05, 4.69) is 12.2 Å². The Morgan fingerprint density at radius 3 is 1.93 bits per heavy atom. The van der Waals surface area contributed by atoms with Gasteiger partial charge in [0.2, 0.25) is 0 Å². The smallest absolute Gasteiger partial charge is 0.303 e. The lowest BCUT2D eigenvalue weighted by atomic mass is 10.2. The van der Waals surface area contributed by atoms with Crippen molar-refractivity contribution in [3.8, 4) is 0 Å². The predicted molar refractivity (Wildman–Crippen MR) is 60.4 cm³/mol. The second-order valence-corrected chi connectivity index (χ2v) is 4.16. The molecular formula is C11H25NO2. The number of esters is 1. The topological polar surface area (TPSA) is 38.3 Å². The lowest BCUT2D eigenvalue weighted by Crippen LogP contribution is -2.21. The fourth-order valence-corrected chi connectivity index (χ4v) is 0.785. The molecule has 0 bridgehead atoms. The molecule has 14 heavy (non-hydrogen) atoms. The van der Waals surface area contributed by atoms with E-state index in [4.69, 9.17) is 4.74 Å². The average Bonchev–Trinajstić information content (AvgIpc) is 1.97. The summed E-state index contributed by atoms with van der Waals surface area (Å²) < 4.78 is 4.80. The van der Waals surface area contributed by atoms with E-state index in [9.17, 15) is 4.79 Å². The molecule has 0 unspecified atom stereocenters. The number of hydrogen-bond donors (Lipinski definition) is 1. The Morgan fingerprint density at radius 1 is 1.36 bits per heavy atom. The van der Waals surface area contributed by atoms with Gasteiger partial charge in [-0.2, -0.15) is 0 Å². The summed E-state index contributed by atoms with van der Waals surface area (Å²) in [5.74, 6) is -0.225. The number of hydrogen-bond acceptors (Lipinski definition) is 3. The Balaban J connectivity index is 0. The summed E-state index contributed by atoms with van der Waals surface area (Å²) in [5, 5.41) is 3.07. The minimum absolute atomic E-state index is 0.225. The highest BCUT2D eigenvalue weighted by atomic mass is 16.6. The Bertz CT molecular complexity index is 135. The van der Waals surface area contributed by atoms with Crippen LogP contribution in [0.15, 0.2) is 0 Å². The summed E-state index contributed by atoms with van der Waals surface area (Å²) >= 11 is 0. The van der Waals surface area contributed by atoms with Crippen LogP contribution in [0.3, 0.4) is 0 Å². The molecular weight excluding hydrogens is 178 g/mol. The van der Waals surface area contributed by atoms with Crippen molar-refractivity contribution in [2.45, 2.75) is 53.1 Å². The lowest BCUT2D eigenvalue weighted by molar-refractivity contribution is -0.151. The normalized spacial score (nSPS) is 10.1. The van der Waals surface area contributed by atoms with Gasteiger partial charge >= 0.3 is 5.97 Å². The summed E-state index contributed by atoms with van der Waals surface area (Å²) in [4.78, 5) is 10.2. The molecule has 1 N–H and O–H groups in total. The first kappa shape index (κ1) is 15.9. The number of carbonyl (C=O) groups excluding carboxylic acids is 1. The molecule has 0 spiro atoms. The Labute approximate surface area is 88.2 Å². The molecule has 86 valence electrons. The van der Waals surface area contributed by atoms with Crippen molar-refractivity contribution >= 4 is 5.97 Å². The van der Waals surface area contributed by atoms with Crippen LogP contribution in [-0.4, -0.2) is 25.2 Å². The SMILES string of the molecule is CC(=O)OC(C)(C)C.CCCCNC. The molecule has 0 rings (SSSR count). The van der Waals surface area contributed by atoms with Crippen LogP contribution in [0, 0.1) is 0 Å². The van der Waals surface area contributed by atoms with Gasteiger partial charge in [0.05, 0.1) is 0 Å². The van der Waals surface area contributed by atoms with Gasteiger partial charge in [-0.3, -0.25) is 4.79 Å². The molecule has 3 nitrogen and oxygen atoms in total. The van der Waals surface area contributed by atoms with Gasteiger partial charge in [-0.1, -0.05) is 13.3 Å². The molecule has 0 saturated carbocycles. The van der Waals surface area contributed by atoms with Crippen LogP contribution in [0.25, 0.3) is 0 Å². The molecule has 0 heterocycles. The molecule has 0 aliphatic rings. The molecule has 3 heteroatoms.